The molecule has 0 spiro atoms. The van der Waals surface area contributed by atoms with E-state index in [-0.39, 0.29) is 5.54 Å². The van der Waals surface area contributed by atoms with Crippen LogP contribution in [0.3, 0.4) is 0 Å². The van der Waals surface area contributed by atoms with E-state index in [0.717, 1.165) is 71.3 Å². The largest absolute Gasteiger partial charge is 0.497 e. The van der Waals surface area contributed by atoms with Crippen LogP contribution in [0.25, 0.3) is 0 Å². The molecule has 2 aliphatic rings. The van der Waals surface area contributed by atoms with E-state index in [1.54, 1.807) is 7.11 Å². The third-order valence-electron chi connectivity index (χ3n) is 8.87. The Balaban J connectivity index is 0.000000250. The van der Waals surface area contributed by atoms with E-state index in [2.05, 4.69) is 163 Å². The van der Waals surface area contributed by atoms with Crippen molar-refractivity contribution in [3.63, 3.8) is 0 Å². The van der Waals surface area contributed by atoms with Crippen LogP contribution >= 0.6 is 0 Å². The predicted octanol–water partition coefficient (Wildman–Crippen LogP) is 8.51. The molecule has 0 amide bonds. The van der Waals surface area contributed by atoms with Gasteiger partial charge in [-0.25, -0.2) is 0 Å². The standard InChI is InChI=1S/C14H21N.C12H19NO.C12H19N.C9H20N2O/c1-14(2,3)10-15-13-8-11-6-4-5-7-12(11)9-13;1-12(2,3)13-9-10-5-7-11(14-4)8-6-10;1-12(2,3)10-13-9-11-7-5-4-6-8-11;1-9(2)10-3-4-11-5-7-12-8-6-11/h4-7,13,15H,8-10H2,1-3H3;5-8,13H,9H2,1-4H3;4-8,13H,9-10H2,1-3H3;9-10H,3-8H2,1-2H3. The lowest BCUT2D eigenvalue weighted by Gasteiger charge is -2.26. The zero-order valence-electron chi connectivity index (χ0n) is 36.4. The molecule has 0 aromatic heterocycles. The van der Waals surface area contributed by atoms with Crippen molar-refractivity contribution in [2.24, 2.45) is 10.8 Å². The van der Waals surface area contributed by atoms with Crippen molar-refractivity contribution in [3.8, 4) is 5.75 Å². The zero-order chi connectivity index (χ0) is 40.0. The molecule has 7 nitrogen and oxygen atoms in total. The fourth-order valence-corrected chi connectivity index (χ4v) is 5.78. The highest BCUT2D eigenvalue weighted by molar-refractivity contribution is 5.33. The van der Waals surface area contributed by atoms with E-state index < -0.39 is 0 Å². The molecule has 3 aromatic rings. The lowest BCUT2D eigenvalue weighted by atomic mass is 9.96. The first-order valence-corrected chi connectivity index (χ1v) is 20.4. The van der Waals surface area contributed by atoms with Gasteiger partial charge in [-0.2, -0.15) is 0 Å². The molecule has 3 aromatic carbocycles. The molecule has 304 valence electrons. The van der Waals surface area contributed by atoms with Crippen LogP contribution < -0.4 is 26.0 Å². The minimum atomic E-state index is 0.167. The van der Waals surface area contributed by atoms with Gasteiger partial charge in [0.2, 0.25) is 0 Å². The summed E-state index contributed by atoms with van der Waals surface area (Å²) in [6.07, 6.45) is 2.40. The van der Waals surface area contributed by atoms with Crippen molar-refractivity contribution in [3.05, 3.63) is 101 Å². The SMILES string of the molecule is CC(C)(C)CNC1Cc2ccccc2C1.CC(C)(C)CNCc1ccccc1.CC(C)NCCN1CCOCC1.COc1ccc(CNC(C)(C)C)cc1. The number of rotatable bonds is 12. The smallest absolute Gasteiger partial charge is 0.118 e. The number of nitrogens with zero attached hydrogens (tertiary/aromatic N) is 1. The van der Waals surface area contributed by atoms with Gasteiger partial charge in [0.25, 0.3) is 0 Å². The van der Waals surface area contributed by atoms with Crippen LogP contribution in [0, 0.1) is 10.8 Å². The Morgan fingerprint density at radius 2 is 1.24 bits per heavy atom. The molecule has 5 rings (SSSR count). The van der Waals surface area contributed by atoms with Crippen molar-refractivity contribution < 1.29 is 9.47 Å². The molecule has 1 heterocycles. The Labute approximate surface area is 331 Å². The first kappa shape index (κ1) is 47.4. The minimum Gasteiger partial charge on any atom is -0.497 e. The molecular formula is C47H79N5O2. The first-order valence-electron chi connectivity index (χ1n) is 20.4. The van der Waals surface area contributed by atoms with E-state index in [1.165, 1.54) is 35.1 Å². The molecule has 7 heteroatoms. The van der Waals surface area contributed by atoms with Gasteiger partial charge in [0, 0.05) is 70.0 Å². The maximum Gasteiger partial charge on any atom is 0.118 e. The molecule has 0 unspecified atom stereocenters. The molecule has 0 radical (unpaired) electrons. The molecule has 54 heavy (non-hydrogen) atoms. The van der Waals surface area contributed by atoms with Gasteiger partial charge in [-0.3, -0.25) is 4.90 Å². The fraction of sp³-hybridized carbons (Fsp3) is 0.617. The Bertz CT molecular complexity index is 1340. The Morgan fingerprint density at radius 1 is 0.704 bits per heavy atom. The summed E-state index contributed by atoms with van der Waals surface area (Å²) in [5, 5.41) is 14.0. The van der Waals surface area contributed by atoms with Crippen molar-refractivity contribution in [2.75, 3.05) is 59.6 Å². The predicted molar refractivity (Wildman–Crippen MR) is 233 cm³/mol. The van der Waals surface area contributed by atoms with Gasteiger partial charge < -0.3 is 30.7 Å². The third-order valence-corrected chi connectivity index (χ3v) is 8.87. The molecule has 4 N–H and O–H groups in total. The number of benzene rings is 3. The number of ether oxygens (including phenoxy) is 2. The van der Waals surface area contributed by atoms with Gasteiger partial charge in [0.1, 0.15) is 5.75 Å². The van der Waals surface area contributed by atoms with Crippen molar-refractivity contribution in [2.45, 2.75) is 120 Å². The zero-order valence-corrected chi connectivity index (χ0v) is 36.4. The van der Waals surface area contributed by atoms with Gasteiger partial charge >= 0.3 is 0 Å². The summed E-state index contributed by atoms with van der Waals surface area (Å²) in [6, 6.07) is 28.7. The van der Waals surface area contributed by atoms with Crippen LogP contribution in [-0.4, -0.2) is 82.1 Å². The van der Waals surface area contributed by atoms with Crippen LogP contribution in [-0.2, 0) is 30.7 Å². The molecule has 1 aliphatic heterocycles. The van der Waals surface area contributed by atoms with Gasteiger partial charge in [0.15, 0.2) is 0 Å². The normalized spacial score (nSPS) is 14.9. The van der Waals surface area contributed by atoms with E-state index in [0.29, 0.717) is 22.9 Å². The number of hydrogen-bond donors (Lipinski definition) is 4. The molecule has 1 fully saturated rings. The van der Waals surface area contributed by atoms with Crippen LogP contribution in [0.1, 0.15) is 98.4 Å². The highest BCUT2D eigenvalue weighted by Gasteiger charge is 2.22. The van der Waals surface area contributed by atoms with Crippen LogP contribution in [0.4, 0.5) is 0 Å². The minimum absolute atomic E-state index is 0.167. The summed E-state index contributed by atoms with van der Waals surface area (Å²) in [5.41, 5.74) is 6.61. The van der Waals surface area contributed by atoms with E-state index in [9.17, 15) is 0 Å². The lowest BCUT2D eigenvalue weighted by Crippen LogP contribution is -2.41. The number of morpholine rings is 1. The van der Waals surface area contributed by atoms with E-state index in [1.807, 2.05) is 18.2 Å². The fourth-order valence-electron chi connectivity index (χ4n) is 5.78. The average Bonchev–Trinajstić information content (AvgIpc) is 3.54. The van der Waals surface area contributed by atoms with Crippen LogP contribution in [0.15, 0.2) is 78.9 Å². The molecule has 1 saturated heterocycles. The van der Waals surface area contributed by atoms with Crippen LogP contribution in [0.2, 0.25) is 0 Å². The highest BCUT2D eigenvalue weighted by Crippen LogP contribution is 2.22. The molecular weight excluding hydrogens is 667 g/mol. The van der Waals surface area contributed by atoms with Gasteiger partial charge in [-0.15, -0.1) is 0 Å². The van der Waals surface area contributed by atoms with Gasteiger partial charge in [-0.05, 0) is 78.8 Å². The number of methoxy groups -OCH3 is 1. The van der Waals surface area contributed by atoms with Gasteiger partial charge in [0.05, 0.1) is 20.3 Å². The summed E-state index contributed by atoms with van der Waals surface area (Å²) in [7, 11) is 1.68. The summed E-state index contributed by atoms with van der Waals surface area (Å²) in [5.74, 6) is 0.907. The maximum atomic E-state index is 5.27. The molecule has 0 bridgehead atoms. The summed E-state index contributed by atoms with van der Waals surface area (Å²) < 4.78 is 10.4. The quantitative estimate of drug-likeness (QED) is 0.148. The maximum absolute atomic E-state index is 5.27. The number of nitrogens with one attached hydrogen (secondary N) is 4. The number of hydrogen-bond acceptors (Lipinski definition) is 7. The Hall–Kier alpha value is -2.78. The second kappa shape index (κ2) is 24.7. The Kier molecular flexibility index (Phi) is 21.6. The van der Waals surface area contributed by atoms with E-state index in [4.69, 9.17) is 9.47 Å². The molecule has 0 atom stereocenters. The summed E-state index contributed by atoms with van der Waals surface area (Å²) in [6.45, 7) is 34.7. The molecule has 1 aliphatic carbocycles. The highest BCUT2D eigenvalue weighted by atomic mass is 16.5. The summed E-state index contributed by atoms with van der Waals surface area (Å²) >= 11 is 0. The van der Waals surface area contributed by atoms with Crippen molar-refractivity contribution >= 4 is 0 Å². The van der Waals surface area contributed by atoms with Gasteiger partial charge in [-0.1, -0.05) is 122 Å². The monoisotopic (exact) mass is 746 g/mol. The Morgan fingerprint density at radius 3 is 1.74 bits per heavy atom. The van der Waals surface area contributed by atoms with Crippen LogP contribution in [0.5, 0.6) is 5.75 Å². The third kappa shape index (κ3) is 23.9. The van der Waals surface area contributed by atoms with Crippen molar-refractivity contribution in [1.82, 2.24) is 26.2 Å². The van der Waals surface area contributed by atoms with E-state index >= 15 is 0 Å². The lowest BCUT2D eigenvalue weighted by molar-refractivity contribution is 0.0382. The topological polar surface area (TPSA) is 69.8 Å². The first-order chi connectivity index (χ1) is 25.4. The average molecular weight is 746 g/mol. The second-order valence-corrected chi connectivity index (χ2v) is 18.5. The molecule has 0 saturated carbocycles. The summed E-state index contributed by atoms with van der Waals surface area (Å²) in [4.78, 5) is 2.44. The second-order valence-electron chi connectivity index (χ2n) is 18.5. The number of fused-ring (bicyclic) bond motifs is 1. The van der Waals surface area contributed by atoms with Crippen molar-refractivity contribution in [1.29, 1.82) is 0 Å².